The van der Waals surface area contributed by atoms with Crippen molar-refractivity contribution in [3.8, 4) is 5.75 Å². The Morgan fingerprint density at radius 1 is 1.52 bits per heavy atom. The molecule has 0 radical (unpaired) electrons. The van der Waals surface area contributed by atoms with Crippen molar-refractivity contribution in [2.45, 2.75) is 25.8 Å². The molecule has 1 aliphatic rings. The lowest BCUT2D eigenvalue weighted by molar-refractivity contribution is 0.0934. The molecule has 0 saturated carbocycles. The second kappa shape index (κ2) is 5.55. The predicted octanol–water partition coefficient (Wildman–Crippen LogP) is 2.50. The molecule has 6 heteroatoms. The van der Waals surface area contributed by atoms with Crippen LogP contribution >= 0.6 is 0 Å². The average Bonchev–Trinajstić information content (AvgIpc) is 2.80. The van der Waals surface area contributed by atoms with E-state index in [4.69, 9.17) is 4.74 Å². The minimum atomic E-state index is -0.335. The molecule has 110 valence electrons. The fourth-order valence-corrected chi connectivity index (χ4v) is 2.51. The second-order valence-corrected chi connectivity index (χ2v) is 5.11. The lowest BCUT2D eigenvalue weighted by Crippen LogP contribution is -2.28. The third kappa shape index (κ3) is 2.74. The summed E-state index contributed by atoms with van der Waals surface area (Å²) in [6.45, 7) is 2.35. The van der Waals surface area contributed by atoms with Gasteiger partial charge < -0.3 is 10.1 Å². The van der Waals surface area contributed by atoms with E-state index in [-0.39, 0.29) is 17.8 Å². The van der Waals surface area contributed by atoms with Crippen LogP contribution in [0.25, 0.3) is 0 Å². The van der Waals surface area contributed by atoms with Crippen LogP contribution in [0.3, 0.4) is 0 Å². The van der Waals surface area contributed by atoms with Gasteiger partial charge in [0.05, 0.1) is 24.4 Å². The van der Waals surface area contributed by atoms with Crippen molar-refractivity contribution in [2.75, 3.05) is 6.61 Å². The number of halogens is 1. The monoisotopic (exact) mass is 289 g/mol. The van der Waals surface area contributed by atoms with Crippen LogP contribution in [0, 0.1) is 12.7 Å². The van der Waals surface area contributed by atoms with Crippen LogP contribution in [-0.4, -0.2) is 22.7 Å². The van der Waals surface area contributed by atoms with E-state index in [0.29, 0.717) is 35.6 Å². The highest BCUT2D eigenvalue weighted by Gasteiger charge is 2.23. The zero-order valence-corrected chi connectivity index (χ0v) is 11.6. The van der Waals surface area contributed by atoms with Crippen LogP contribution in [0.15, 0.2) is 24.4 Å². The maximum atomic E-state index is 13.5. The number of rotatable bonds is 2. The fraction of sp³-hybridized carbons (Fsp3) is 0.333. The number of fused-ring (bicyclic) bond motifs is 1. The van der Waals surface area contributed by atoms with Crippen molar-refractivity contribution in [1.82, 2.24) is 15.5 Å². The van der Waals surface area contributed by atoms with Gasteiger partial charge in [0.2, 0.25) is 0 Å². The number of amides is 1. The lowest BCUT2D eigenvalue weighted by Gasteiger charge is -2.18. The largest absolute Gasteiger partial charge is 0.493 e. The van der Waals surface area contributed by atoms with E-state index < -0.39 is 0 Å². The van der Waals surface area contributed by atoms with Crippen molar-refractivity contribution in [2.24, 2.45) is 0 Å². The molecular weight excluding hydrogens is 273 g/mol. The fourth-order valence-electron chi connectivity index (χ4n) is 2.51. The van der Waals surface area contributed by atoms with Crippen molar-refractivity contribution < 1.29 is 13.9 Å². The molecule has 1 aromatic carbocycles. The predicted molar refractivity (Wildman–Crippen MR) is 74.7 cm³/mol. The number of hydrogen-bond donors (Lipinski definition) is 2. The Kier molecular flexibility index (Phi) is 3.60. The van der Waals surface area contributed by atoms with Crippen molar-refractivity contribution in [3.63, 3.8) is 0 Å². The SMILES string of the molecule is Cc1[nH]ncc1C(=O)N[C@@H]1CCCOc2ccc(F)cc21. The molecule has 0 fully saturated rings. The number of hydrogen-bond acceptors (Lipinski definition) is 3. The highest BCUT2D eigenvalue weighted by atomic mass is 19.1. The topological polar surface area (TPSA) is 67.0 Å². The van der Waals surface area contributed by atoms with Crippen LogP contribution in [-0.2, 0) is 0 Å². The number of carbonyl (C=O) groups excluding carboxylic acids is 1. The summed E-state index contributed by atoms with van der Waals surface area (Å²) in [7, 11) is 0. The summed E-state index contributed by atoms with van der Waals surface area (Å²) >= 11 is 0. The summed E-state index contributed by atoms with van der Waals surface area (Å²) in [5, 5.41) is 9.51. The van der Waals surface area contributed by atoms with Crippen LogP contribution < -0.4 is 10.1 Å². The minimum absolute atomic E-state index is 0.219. The maximum absolute atomic E-state index is 13.5. The zero-order valence-electron chi connectivity index (χ0n) is 11.6. The highest BCUT2D eigenvalue weighted by molar-refractivity contribution is 5.95. The summed E-state index contributed by atoms with van der Waals surface area (Å²) in [4.78, 5) is 12.3. The van der Waals surface area contributed by atoms with Gasteiger partial charge in [0.1, 0.15) is 11.6 Å². The highest BCUT2D eigenvalue weighted by Crippen LogP contribution is 2.32. The number of aromatic amines is 1. The maximum Gasteiger partial charge on any atom is 0.255 e. The molecule has 0 bridgehead atoms. The van der Waals surface area contributed by atoms with E-state index in [1.807, 2.05) is 0 Å². The molecule has 1 atom stereocenters. The third-order valence-electron chi connectivity index (χ3n) is 3.62. The minimum Gasteiger partial charge on any atom is -0.493 e. The van der Waals surface area contributed by atoms with Gasteiger partial charge in [-0.05, 0) is 38.0 Å². The molecule has 1 aliphatic heterocycles. The molecule has 1 aromatic heterocycles. The molecule has 2 N–H and O–H groups in total. The van der Waals surface area contributed by atoms with E-state index >= 15 is 0 Å². The van der Waals surface area contributed by atoms with Gasteiger partial charge in [-0.1, -0.05) is 0 Å². The number of carbonyl (C=O) groups is 1. The zero-order chi connectivity index (χ0) is 14.8. The molecule has 2 aromatic rings. The summed E-state index contributed by atoms with van der Waals surface area (Å²) < 4.78 is 19.1. The Labute approximate surface area is 121 Å². The third-order valence-corrected chi connectivity index (χ3v) is 3.62. The van der Waals surface area contributed by atoms with E-state index in [1.54, 1.807) is 13.0 Å². The van der Waals surface area contributed by atoms with Crippen LogP contribution in [0.2, 0.25) is 0 Å². The van der Waals surface area contributed by atoms with E-state index in [0.717, 1.165) is 6.42 Å². The first-order chi connectivity index (χ1) is 10.1. The summed E-state index contributed by atoms with van der Waals surface area (Å²) in [6.07, 6.45) is 3.00. The van der Waals surface area contributed by atoms with Crippen LogP contribution in [0.5, 0.6) is 5.75 Å². The Morgan fingerprint density at radius 2 is 2.38 bits per heavy atom. The standard InChI is InChI=1S/C15H16FN3O2/c1-9-12(8-17-19-9)15(20)18-13-3-2-6-21-14-5-4-10(16)7-11(13)14/h4-5,7-8,13H,2-3,6H2,1H3,(H,17,19)(H,18,20)/t13-/m1/s1. The smallest absolute Gasteiger partial charge is 0.255 e. The number of nitrogens with one attached hydrogen (secondary N) is 2. The second-order valence-electron chi connectivity index (χ2n) is 5.11. The van der Waals surface area contributed by atoms with E-state index in [9.17, 15) is 9.18 Å². The number of H-pyrrole nitrogens is 1. The van der Waals surface area contributed by atoms with Gasteiger partial charge in [-0.15, -0.1) is 0 Å². The molecule has 0 saturated heterocycles. The number of aryl methyl sites for hydroxylation is 1. The molecule has 3 rings (SSSR count). The van der Waals surface area contributed by atoms with Gasteiger partial charge in [-0.3, -0.25) is 9.89 Å². The lowest BCUT2D eigenvalue weighted by atomic mass is 10.0. The van der Waals surface area contributed by atoms with E-state index in [1.165, 1.54) is 18.3 Å². The van der Waals surface area contributed by atoms with Gasteiger partial charge in [0.15, 0.2) is 0 Å². The summed E-state index contributed by atoms with van der Waals surface area (Å²) in [6, 6.07) is 4.13. The van der Waals surface area contributed by atoms with Gasteiger partial charge in [0.25, 0.3) is 5.91 Å². The Morgan fingerprint density at radius 3 is 3.14 bits per heavy atom. The number of ether oxygens (including phenoxy) is 1. The van der Waals surface area contributed by atoms with Crippen LogP contribution in [0.1, 0.15) is 40.5 Å². The number of aromatic nitrogens is 2. The van der Waals surface area contributed by atoms with Crippen molar-refractivity contribution in [1.29, 1.82) is 0 Å². The average molecular weight is 289 g/mol. The van der Waals surface area contributed by atoms with Crippen molar-refractivity contribution in [3.05, 3.63) is 47.0 Å². The van der Waals surface area contributed by atoms with Gasteiger partial charge in [-0.2, -0.15) is 5.10 Å². The Hall–Kier alpha value is -2.37. The Bertz CT molecular complexity index is 669. The first kappa shape index (κ1) is 13.6. The Balaban J connectivity index is 1.87. The molecular formula is C15H16FN3O2. The summed E-state index contributed by atoms with van der Waals surface area (Å²) in [5.74, 6) is 0.0736. The van der Waals surface area contributed by atoms with Crippen molar-refractivity contribution >= 4 is 5.91 Å². The first-order valence-corrected chi connectivity index (χ1v) is 6.88. The molecule has 5 nitrogen and oxygen atoms in total. The van der Waals surface area contributed by atoms with Gasteiger partial charge in [-0.25, -0.2) is 4.39 Å². The molecule has 21 heavy (non-hydrogen) atoms. The molecule has 0 unspecified atom stereocenters. The normalized spacial score (nSPS) is 17.5. The molecule has 1 amide bonds. The molecule has 0 aliphatic carbocycles. The quantitative estimate of drug-likeness (QED) is 0.892. The number of benzene rings is 1. The van der Waals surface area contributed by atoms with Gasteiger partial charge >= 0.3 is 0 Å². The molecule has 2 heterocycles. The summed E-state index contributed by atoms with van der Waals surface area (Å²) in [5.41, 5.74) is 1.89. The van der Waals surface area contributed by atoms with Gasteiger partial charge in [0, 0.05) is 11.3 Å². The van der Waals surface area contributed by atoms with E-state index in [2.05, 4.69) is 15.5 Å². The molecule has 0 spiro atoms. The van der Waals surface area contributed by atoms with Crippen LogP contribution in [0.4, 0.5) is 4.39 Å². The first-order valence-electron chi connectivity index (χ1n) is 6.88. The number of nitrogens with zero attached hydrogens (tertiary/aromatic N) is 1.